The molecule has 3 N–H and O–H groups in total. The molecule has 0 aliphatic rings. The summed E-state index contributed by atoms with van der Waals surface area (Å²) < 4.78 is 0. The highest BCUT2D eigenvalue weighted by atomic mass is 16.3. The van der Waals surface area contributed by atoms with Crippen LogP contribution in [0.4, 0.5) is 5.69 Å². The predicted octanol–water partition coefficient (Wildman–Crippen LogP) is 5.72. The molecule has 0 saturated heterocycles. The van der Waals surface area contributed by atoms with Crippen molar-refractivity contribution in [3.8, 4) is 5.75 Å². The number of aromatic nitrogens is 1. The number of aromatic hydroxyl groups is 1. The quantitative estimate of drug-likeness (QED) is 0.507. The molecule has 1 amide bonds. The summed E-state index contributed by atoms with van der Waals surface area (Å²) in [5.74, 6) is -0.390. The molecule has 0 aliphatic heterocycles. The average molecular weight is 409 g/mol. The highest BCUT2D eigenvalue weighted by Gasteiger charge is 2.26. The maximum atomic E-state index is 12.9. The van der Waals surface area contributed by atoms with E-state index in [0.717, 1.165) is 11.1 Å². The maximum absolute atomic E-state index is 12.9. The number of carbonyl (C=O) groups excluding carboxylic acids is 1. The molecule has 0 fully saturated rings. The normalized spacial score (nSPS) is 11.8. The van der Waals surface area contributed by atoms with E-state index in [9.17, 15) is 14.7 Å². The van der Waals surface area contributed by atoms with Crippen LogP contribution < -0.4 is 10.7 Å². The lowest BCUT2D eigenvalue weighted by Crippen LogP contribution is -2.25. The van der Waals surface area contributed by atoms with Crippen molar-refractivity contribution in [2.24, 2.45) is 0 Å². The first kappa shape index (κ1) is 23.2. The third-order valence-electron chi connectivity index (χ3n) is 5.03. The highest BCUT2D eigenvalue weighted by Crippen LogP contribution is 2.39. The molecule has 3 aromatic rings. The SMILES string of the molecule is C.CC(C)(C)c1cc(C(C)(C)C)c(NC(=O)c2c[nH]c3ccccc3c2=O)cc1O. The van der Waals surface area contributed by atoms with Crippen molar-refractivity contribution in [2.45, 2.75) is 59.8 Å². The van der Waals surface area contributed by atoms with Gasteiger partial charge in [-0.3, -0.25) is 9.59 Å². The van der Waals surface area contributed by atoms with Crippen LogP contribution in [0.1, 0.15) is 70.5 Å². The Hall–Kier alpha value is -3.08. The first-order valence-corrected chi connectivity index (χ1v) is 9.69. The first-order valence-electron chi connectivity index (χ1n) is 9.69. The second-order valence-corrected chi connectivity index (χ2v) is 9.45. The van der Waals surface area contributed by atoms with Gasteiger partial charge in [0.25, 0.3) is 5.91 Å². The number of amides is 1. The zero-order valence-corrected chi connectivity index (χ0v) is 17.8. The number of pyridine rings is 1. The van der Waals surface area contributed by atoms with Gasteiger partial charge in [0.05, 0.1) is 0 Å². The standard InChI is InChI=1S/C24H28N2O3.CH4/c1-23(2,3)16-11-17(24(4,5)6)20(27)12-19(16)26-22(29)15-13-25-18-10-8-7-9-14(18)21(15)28;/h7-13,27H,1-6H3,(H,25,28)(H,26,29);1H4. The number of hydrogen-bond acceptors (Lipinski definition) is 3. The molecule has 1 heterocycles. The van der Waals surface area contributed by atoms with Crippen molar-refractivity contribution >= 4 is 22.5 Å². The summed E-state index contributed by atoms with van der Waals surface area (Å²) in [7, 11) is 0. The third-order valence-corrected chi connectivity index (χ3v) is 5.03. The lowest BCUT2D eigenvalue weighted by atomic mass is 9.79. The van der Waals surface area contributed by atoms with Gasteiger partial charge in [0.2, 0.25) is 5.43 Å². The fourth-order valence-electron chi connectivity index (χ4n) is 3.44. The number of hydrogen-bond donors (Lipinski definition) is 3. The fourth-order valence-corrected chi connectivity index (χ4v) is 3.44. The van der Waals surface area contributed by atoms with Gasteiger partial charge in [-0.15, -0.1) is 0 Å². The monoisotopic (exact) mass is 408 g/mol. The zero-order valence-electron chi connectivity index (χ0n) is 17.8. The van der Waals surface area contributed by atoms with Crippen LogP contribution in [0.3, 0.4) is 0 Å². The van der Waals surface area contributed by atoms with Gasteiger partial charge in [-0.2, -0.15) is 0 Å². The van der Waals surface area contributed by atoms with E-state index in [0.29, 0.717) is 16.6 Å². The zero-order chi connectivity index (χ0) is 21.6. The number of H-pyrrole nitrogens is 1. The van der Waals surface area contributed by atoms with Gasteiger partial charge >= 0.3 is 0 Å². The molecule has 0 bridgehead atoms. The number of anilines is 1. The summed E-state index contributed by atoms with van der Waals surface area (Å²) in [6.45, 7) is 12.2. The van der Waals surface area contributed by atoms with Crippen molar-refractivity contribution in [3.05, 3.63) is 69.5 Å². The summed E-state index contributed by atoms with van der Waals surface area (Å²) in [6.07, 6.45) is 1.43. The predicted molar refractivity (Wildman–Crippen MR) is 125 cm³/mol. The van der Waals surface area contributed by atoms with Gasteiger partial charge in [0, 0.05) is 28.9 Å². The molecule has 5 nitrogen and oxygen atoms in total. The fraction of sp³-hybridized carbons (Fsp3) is 0.360. The van der Waals surface area contributed by atoms with E-state index in [1.54, 1.807) is 24.3 Å². The van der Waals surface area contributed by atoms with Gasteiger partial charge in [-0.25, -0.2) is 0 Å². The van der Waals surface area contributed by atoms with E-state index in [2.05, 4.69) is 10.3 Å². The molecular weight excluding hydrogens is 376 g/mol. The Balaban J connectivity index is 0.00000320. The number of rotatable bonds is 2. The number of para-hydroxylation sites is 1. The number of phenolic OH excluding ortho intramolecular Hbond substituents is 1. The molecule has 5 heteroatoms. The first-order chi connectivity index (χ1) is 13.4. The van der Waals surface area contributed by atoms with E-state index in [1.165, 1.54) is 6.20 Å². The van der Waals surface area contributed by atoms with Crippen LogP contribution in [0, 0.1) is 0 Å². The number of carbonyl (C=O) groups is 1. The van der Waals surface area contributed by atoms with E-state index in [-0.39, 0.29) is 35.0 Å². The van der Waals surface area contributed by atoms with Gasteiger partial charge in [-0.05, 0) is 40.2 Å². The largest absolute Gasteiger partial charge is 0.508 e. The maximum Gasteiger partial charge on any atom is 0.261 e. The molecule has 160 valence electrons. The number of fused-ring (bicyclic) bond motifs is 1. The summed E-state index contributed by atoms with van der Waals surface area (Å²) in [6, 6.07) is 10.6. The molecule has 0 aliphatic carbocycles. The number of phenols is 1. The molecule has 0 radical (unpaired) electrons. The third kappa shape index (κ3) is 4.40. The highest BCUT2D eigenvalue weighted by molar-refractivity contribution is 6.06. The van der Waals surface area contributed by atoms with Gasteiger partial charge in [0.1, 0.15) is 11.3 Å². The van der Waals surface area contributed by atoms with Crippen molar-refractivity contribution in [1.82, 2.24) is 4.98 Å². The molecule has 1 aromatic heterocycles. The van der Waals surface area contributed by atoms with Crippen molar-refractivity contribution in [2.75, 3.05) is 5.32 Å². The molecular formula is C25H32N2O3. The molecule has 0 unspecified atom stereocenters. The van der Waals surface area contributed by atoms with Crippen LogP contribution in [-0.2, 0) is 10.8 Å². The van der Waals surface area contributed by atoms with Crippen molar-refractivity contribution in [3.63, 3.8) is 0 Å². The van der Waals surface area contributed by atoms with E-state index in [4.69, 9.17) is 0 Å². The Morgan fingerprint density at radius 2 is 1.57 bits per heavy atom. The summed E-state index contributed by atoms with van der Waals surface area (Å²) >= 11 is 0. The summed E-state index contributed by atoms with van der Waals surface area (Å²) in [5, 5.41) is 13.9. The Bertz CT molecular complexity index is 1150. The van der Waals surface area contributed by atoms with Gasteiger partial charge in [0.15, 0.2) is 0 Å². The number of benzene rings is 2. The van der Waals surface area contributed by atoms with E-state index < -0.39 is 5.91 Å². The Morgan fingerprint density at radius 1 is 0.967 bits per heavy atom. The molecule has 0 spiro atoms. The molecule has 2 aromatic carbocycles. The lowest BCUT2D eigenvalue weighted by molar-refractivity contribution is 0.102. The molecule has 3 rings (SSSR count). The second kappa shape index (κ2) is 7.98. The van der Waals surface area contributed by atoms with Crippen LogP contribution >= 0.6 is 0 Å². The number of nitrogens with one attached hydrogen (secondary N) is 2. The van der Waals surface area contributed by atoms with Crippen molar-refractivity contribution < 1.29 is 9.90 Å². The Kier molecular flexibility index (Phi) is 6.17. The lowest BCUT2D eigenvalue weighted by Gasteiger charge is -2.28. The van der Waals surface area contributed by atoms with Crippen LogP contribution in [0.15, 0.2) is 47.4 Å². The number of aromatic amines is 1. The molecule has 0 atom stereocenters. The molecule has 30 heavy (non-hydrogen) atoms. The second-order valence-electron chi connectivity index (χ2n) is 9.45. The van der Waals surface area contributed by atoms with Crippen LogP contribution in [-0.4, -0.2) is 16.0 Å². The Labute approximate surface area is 178 Å². The topological polar surface area (TPSA) is 82.2 Å². The van der Waals surface area contributed by atoms with Crippen molar-refractivity contribution in [1.29, 1.82) is 0 Å². The minimum atomic E-state index is -0.509. The summed E-state index contributed by atoms with van der Waals surface area (Å²) in [4.78, 5) is 28.7. The smallest absolute Gasteiger partial charge is 0.261 e. The van der Waals surface area contributed by atoms with Crippen LogP contribution in [0.2, 0.25) is 0 Å². The van der Waals surface area contributed by atoms with E-state index in [1.807, 2.05) is 53.7 Å². The minimum Gasteiger partial charge on any atom is -0.508 e. The van der Waals surface area contributed by atoms with E-state index >= 15 is 0 Å². The molecule has 0 saturated carbocycles. The van der Waals surface area contributed by atoms with Gasteiger partial charge < -0.3 is 15.4 Å². The Morgan fingerprint density at radius 3 is 2.17 bits per heavy atom. The average Bonchev–Trinajstić information content (AvgIpc) is 2.60. The van der Waals surface area contributed by atoms with Gasteiger partial charge in [-0.1, -0.05) is 61.1 Å². The van der Waals surface area contributed by atoms with Crippen LogP contribution in [0.5, 0.6) is 5.75 Å². The minimum absolute atomic E-state index is 0. The summed E-state index contributed by atoms with van der Waals surface area (Å²) in [5.41, 5.74) is 2.06. The van der Waals surface area contributed by atoms with Crippen LogP contribution in [0.25, 0.3) is 10.9 Å².